The topological polar surface area (TPSA) is 36.0 Å². The Morgan fingerprint density at radius 1 is 0.811 bits per heavy atom. The van der Waals surface area contributed by atoms with Gasteiger partial charge in [0.15, 0.2) is 0 Å². The third kappa shape index (κ3) is 6.91. The summed E-state index contributed by atoms with van der Waals surface area (Å²) < 4.78 is 5.99. The standard InChI is InChI=1S/C32H41N3O2/c1-26-14-18-33(19-15-26)17-5-25-37-29-12-10-27(11-13-29)16-20-34-21-23-35(24-22-34)32(36)31-9-4-7-28-6-2-3-8-30(28)31/h2-4,6-13,26H,5,14-25H2,1H3. The predicted molar refractivity (Wildman–Crippen MR) is 151 cm³/mol. The fourth-order valence-corrected chi connectivity index (χ4v) is 5.56. The zero-order chi connectivity index (χ0) is 25.5. The third-order valence-corrected chi connectivity index (χ3v) is 8.08. The summed E-state index contributed by atoms with van der Waals surface area (Å²) in [4.78, 5) is 20.3. The van der Waals surface area contributed by atoms with E-state index < -0.39 is 0 Å². The highest BCUT2D eigenvalue weighted by Crippen LogP contribution is 2.21. The van der Waals surface area contributed by atoms with E-state index in [2.05, 4.69) is 53.1 Å². The van der Waals surface area contributed by atoms with Crippen molar-refractivity contribution in [2.45, 2.75) is 32.6 Å². The van der Waals surface area contributed by atoms with Crippen LogP contribution in [-0.4, -0.2) is 79.6 Å². The van der Waals surface area contributed by atoms with Gasteiger partial charge >= 0.3 is 0 Å². The first kappa shape index (κ1) is 25.7. The highest BCUT2D eigenvalue weighted by Gasteiger charge is 2.23. The number of piperazine rings is 1. The first-order chi connectivity index (χ1) is 18.2. The lowest BCUT2D eigenvalue weighted by Crippen LogP contribution is -2.49. The Morgan fingerprint density at radius 2 is 1.51 bits per heavy atom. The van der Waals surface area contributed by atoms with Crippen LogP contribution in [0.3, 0.4) is 0 Å². The summed E-state index contributed by atoms with van der Waals surface area (Å²) in [6.07, 6.45) is 4.78. The largest absolute Gasteiger partial charge is 0.494 e. The monoisotopic (exact) mass is 499 g/mol. The fraction of sp³-hybridized carbons (Fsp3) is 0.469. The van der Waals surface area contributed by atoms with Gasteiger partial charge in [-0.3, -0.25) is 9.69 Å². The number of rotatable bonds is 9. The summed E-state index contributed by atoms with van der Waals surface area (Å²) in [5.41, 5.74) is 2.15. The van der Waals surface area contributed by atoms with E-state index in [0.29, 0.717) is 0 Å². The van der Waals surface area contributed by atoms with Gasteiger partial charge in [-0.1, -0.05) is 55.5 Å². The van der Waals surface area contributed by atoms with Crippen LogP contribution in [-0.2, 0) is 6.42 Å². The Kier molecular flexibility index (Phi) is 8.75. The number of carbonyl (C=O) groups excluding carboxylic acids is 1. The molecule has 37 heavy (non-hydrogen) atoms. The molecule has 0 saturated carbocycles. The summed E-state index contributed by atoms with van der Waals surface area (Å²) in [6, 6.07) is 22.8. The highest BCUT2D eigenvalue weighted by atomic mass is 16.5. The number of piperidine rings is 1. The van der Waals surface area contributed by atoms with E-state index in [4.69, 9.17) is 4.74 Å². The Labute approximate surface area is 222 Å². The van der Waals surface area contributed by atoms with Gasteiger partial charge in [-0.05, 0) is 79.2 Å². The minimum absolute atomic E-state index is 0.151. The molecule has 0 unspecified atom stereocenters. The summed E-state index contributed by atoms with van der Waals surface area (Å²) in [7, 11) is 0. The molecule has 5 rings (SSSR count). The van der Waals surface area contributed by atoms with E-state index in [1.165, 1.54) is 31.5 Å². The molecule has 0 radical (unpaired) electrons. The van der Waals surface area contributed by atoms with Crippen LogP contribution < -0.4 is 4.74 Å². The van der Waals surface area contributed by atoms with Gasteiger partial charge in [0, 0.05) is 44.8 Å². The van der Waals surface area contributed by atoms with Gasteiger partial charge in [0.1, 0.15) is 5.75 Å². The molecule has 0 aliphatic carbocycles. The summed E-state index contributed by atoms with van der Waals surface area (Å²) in [5, 5.41) is 2.16. The molecule has 3 aromatic rings. The fourth-order valence-electron chi connectivity index (χ4n) is 5.56. The SMILES string of the molecule is CC1CCN(CCCOc2ccc(CCN3CCN(C(=O)c4cccc5ccccc45)CC3)cc2)CC1. The molecular formula is C32H41N3O2. The summed E-state index contributed by atoms with van der Waals surface area (Å²) in [6.45, 7) is 11.2. The van der Waals surface area contributed by atoms with Crippen LogP contribution in [0.15, 0.2) is 66.7 Å². The van der Waals surface area contributed by atoms with Crippen LogP contribution in [0.5, 0.6) is 5.75 Å². The molecule has 2 fully saturated rings. The zero-order valence-corrected chi connectivity index (χ0v) is 22.3. The highest BCUT2D eigenvalue weighted by molar-refractivity contribution is 6.07. The smallest absolute Gasteiger partial charge is 0.254 e. The van der Waals surface area contributed by atoms with Crippen LogP contribution in [0.25, 0.3) is 10.8 Å². The lowest BCUT2D eigenvalue weighted by Gasteiger charge is -2.35. The van der Waals surface area contributed by atoms with Crippen molar-refractivity contribution in [1.82, 2.24) is 14.7 Å². The lowest BCUT2D eigenvalue weighted by atomic mass is 9.99. The average molecular weight is 500 g/mol. The number of nitrogens with zero attached hydrogens (tertiary/aromatic N) is 3. The van der Waals surface area contributed by atoms with Crippen LogP contribution >= 0.6 is 0 Å². The molecular weight excluding hydrogens is 458 g/mol. The number of carbonyl (C=O) groups is 1. The van der Waals surface area contributed by atoms with Crippen LogP contribution in [0.2, 0.25) is 0 Å². The zero-order valence-electron chi connectivity index (χ0n) is 22.3. The Bertz CT molecular complexity index is 1140. The van der Waals surface area contributed by atoms with Gasteiger partial charge in [0.2, 0.25) is 0 Å². The number of hydrogen-bond acceptors (Lipinski definition) is 4. The average Bonchev–Trinajstić information content (AvgIpc) is 2.95. The van der Waals surface area contributed by atoms with Crippen molar-refractivity contribution in [2.75, 3.05) is 59.0 Å². The van der Waals surface area contributed by atoms with Crippen molar-refractivity contribution in [1.29, 1.82) is 0 Å². The number of hydrogen-bond donors (Lipinski definition) is 0. The van der Waals surface area contributed by atoms with Crippen molar-refractivity contribution < 1.29 is 9.53 Å². The van der Waals surface area contributed by atoms with Crippen LogP contribution in [0, 0.1) is 5.92 Å². The molecule has 0 bridgehead atoms. The predicted octanol–water partition coefficient (Wildman–Crippen LogP) is 5.34. The van der Waals surface area contributed by atoms with E-state index in [1.54, 1.807) is 0 Å². The number of ether oxygens (including phenoxy) is 1. The number of fused-ring (bicyclic) bond motifs is 1. The molecule has 0 aromatic heterocycles. The maximum absolute atomic E-state index is 13.2. The van der Waals surface area contributed by atoms with Gasteiger partial charge in [0.25, 0.3) is 5.91 Å². The maximum Gasteiger partial charge on any atom is 0.254 e. The molecule has 196 valence electrons. The first-order valence-corrected chi connectivity index (χ1v) is 14.1. The molecule has 1 amide bonds. The molecule has 5 nitrogen and oxygen atoms in total. The van der Waals surface area contributed by atoms with E-state index in [9.17, 15) is 4.79 Å². The first-order valence-electron chi connectivity index (χ1n) is 14.1. The minimum atomic E-state index is 0.151. The Balaban J connectivity index is 1.01. The number of likely N-dealkylation sites (tertiary alicyclic amines) is 1. The second-order valence-electron chi connectivity index (χ2n) is 10.8. The summed E-state index contributed by atoms with van der Waals surface area (Å²) >= 11 is 0. The van der Waals surface area contributed by atoms with Gasteiger partial charge in [-0.25, -0.2) is 0 Å². The molecule has 2 aliphatic heterocycles. The van der Waals surface area contributed by atoms with Gasteiger partial charge in [-0.15, -0.1) is 0 Å². The van der Waals surface area contributed by atoms with Crippen molar-refractivity contribution in [2.24, 2.45) is 5.92 Å². The van der Waals surface area contributed by atoms with E-state index in [0.717, 1.165) is 86.7 Å². The molecule has 5 heteroatoms. The van der Waals surface area contributed by atoms with Crippen molar-refractivity contribution >= 4 is 16.7 Å². The second kappa shape index (κ2) is 12.6. The van der Waals surface area contributed by atoms with E-state index >= 15 is 0 Å². The molecule has 2 aliphatic rings. The summed E-state index contributed by atoms with van der Waals surface area (Å²) in [5.74, 6) is 2.01. The quantitative estimate of drug-likeness (QED) is 0.372. The van der Waals surface area contributed by atoms with E-state index in [-0.39, 0.29) is 5.91 Å². The lowest BCUT2D eigenvalue weighted by molar-refractivity contribution is 0.0640. The van der Waals surface area contributed by atoms with Crippen molar-refractivity contribution in [3.8, 4) is 5.75 Å². The number of amides is 1. The maximum atomic E-state index is 13.2. The molecule has 3 aromatic carbocycles. The molecule has 2 saturated heterocycles. The van der Waals surface area contributed by atoms with Crippen molar-refractivity contribution in [3.63, 3.8) is 0 Å². The Hall–Kier alpha value is -2.89. The van der Waals surface area contributed by atoms with E-state index in [1.807, 2.05) is 35.2 Å². The van der Waals surface area contributed by atoms with Gasteiger partial charge in [0.05, 0.1) is 6.61 Å². The van der Waals surface area contributed by atoms with Gasteiger partial charge < -0.3 is 14.5 Å². The molecule has 2 heterocycles. The van der Waals surface area contributed by atoms with Crippen molar-refractivity contribution in [3.05, 3.63) is 77.9 Å². The Morgan fingerprint density at radius 3 is 2.30 bits per heavy atom. The van der Waals surface area contributed by atoms with Crippen LogP contribution in [0.4, 0.5) is 0 Å². The van der Waals surface area contributed by atoms with Gasteiger partial charge in [-0.2, -0.15) is 0 Å². The number of benzene rings is 3. The minimum Gasteiger partial charge on any atom is -0.494 e. The molecule has 0 spiro atoms. The molecule has 0 N–H and O–H groups in total. The second-order valence-corrected chi connectivity index (χ2v) is 10.8. The third-order valence-electron chi connectivity index (χ3n) is 8.08. The van der Waals surface area contributed by atoms with Crippen LogP contribution in [0.1, 0.15) is 42.1 Å². The normalized spacial score (nSPS) is 17.8. The molecule has 0 atom stereocenters.